The van der Waals surface area contributed by atoms with Crippen LogP contribution in [-0.4, -0.2) is 32.3 Å². The van der Waals surface area contributed by atoms with Crippen LogP contribution in [0.2, 0.25) is 0 Å². The van der Waals surface area contributed by atoms with Gasteiger partial charge >= 0.3 is 5.97 Å². The molecule has 3 heterocycles. The van der Waals surface area contributed by atoms with Crippen molar-refractivity contribution in [2.45, 2.75) is 19.4 Å². The predicted molar refractivity (Wildman–Crippen MR) is 87.0 cm³/mol. The van der Waals surface area contributed by atoms with E-state index in [2.05, 4.69) is 20.5 Å². The Labute approximate surface area is 130 Å². The van der Waals surface area contributed by atoms with Gasteiger partial charge in [-0.25, -0.2) is 4.98 Å². The summed E-state index contributed by atoms with van der Waals surface area (Å²) in [4.78, 5) is 16.1. The van der Waals surface area contributed by atoms with Crippen LogP contribution in [0.3, 0.4) is 0 Å². The minimum Gasteiger partial charge on any atom is -0.481 e. The first-order valence-corrected chi connectivity index (χ1v) is 7.52. The molecule has 0 aliphatic carbocycles. The summed E-state index contributed by atoms with van der Waals surface area (Å²) in [5.74, 6) is -0.450. The van der Waals surface area contributed by atoms with Gasteiger partial charge in [-0.1, -0.05) is 0 Å². The molecule has 0 aliphatic heterocycles. The third-order valence-electron chi connectivity index (χ3n) is 3.15. The van der Waals surface area contributed by atoms with Crippen molar-refractivity contribution in [1.29, 1.82) is 0 Å². The van der Waals surface area contributed by atoms with E-state index < -0.39 is 5.97 Å². The second kappa shape index (κ2) is 5.64. The SMILES string of the molecule is C[C@@H](CC(=O)O)Nc1cc(N)nc2cc(-c3ccn[nH]3)sc12. The van der Waals surface area contributed by atoms with Crippen molar-refractivity contribution < 1.29 is 9.90 Å². The number of carboxylic acid groups (broad SMARTS) is 1. The minimum absolute atomic E-state index is 0.0303. The van der Waals surface area contributed by atoms with E-state index in [1.807, 2.05) is 19.1 Å². The number of carbonyl (C=O) groups is 1. The van der Waals surface area contributed by atoms with E-state index in [-0.39, 0.29) is 12.5 Å². The van der Waals surface area contributed by atoms with E-state index in [4.69, 9.17) is 10.8 Å². The molecule has 3 aromatic rings. The molecule has 3 rings (SSSR count). The molecular weight excluding hydrogens is 302 g/mol. The number of thiophene rings is 1. The van der Waals surface area contributed by atoms with Gasteiger partial charge in [-0.05, 0) is 19.1 Å². The monoisotopic (exact) mass is 317 g/mol. The molecule has 0 radical (unpaired) electrons. The molecule has 5 N–H and O–H groups in total. The minimum atomic E-state index is -0.845. The van der Waals surface area contributed by atoms with E-state index in [0.29, 0.717) is 5.82 Å². The number of carboxylic acids is 1. The highest BCUT2D eigenvalue weighted by Crippen LogP contribution is 2.37. The second-order valence-corrected chi connectivity index (χ2v) is 6.09. The number of hydrogen-bond acceptors (Lipinski definition) is 6. The van der Waals surface area contributed by atoms with E-state index in [9.17, 15) is 4.79 Å². The normalized spacial score (nSPS) is 12.4. The highest BCUT2D eigenvalue weighted by molar-refractivity contribution is 7.22. The Balaban J connectivity index is 2.00. The number of H-pyrrole nitrogens is 1. The molecule has 8 heteroatoms. The zero-order valence-electron chi connectivity index (χ0n) is 11.8. The Morgan fingerprint density at radius 3 is 3.05 bits per heavy atom. The number of nitrogens with one attached hydrogen (secondary N) is 2. The zero-order valence-corrected chi connectivity index (χ0v) is 12.6. The first-order chi connectivity index (χ1) is 10.5. The fraction of sp³-hybridized carbons (Fsp3) is 0.214. The molecule has 7 nitrogen and oxygen atoms in total. The molecule has 0 aliphatic rings. The number of pyridine rings is 1. The second-order valence-electron chi connectivity index (χ2n) is 5.03. The molecule has 0 bridgehead atoms. The van der Waals surface area contributed by atoms with Gasteiger partial charge in [-0.15, -0.1) is 11.3 Å². The van der Waals surface area contributed by atoms with Gasteiger partial charge in [0, 0.05) is 18.3 Å². The Morgan fingerprint density at radius 1 is 1.55 bits per heavy atom. The fourth-order valence-electron chi connectivity index (χ4n) is 2.25. The van der Waals surface area contributed by atoms with Crippen LogP contribution in [0.4, 0.5) is 11.5 Å². The lowest BCUT2D eigenvalue weighted by Crippen LogP contribution is -2.19. The number of fused-ring (bicyclic) bond motifs is 1. The van der Waals surface area contributed by atoms with Crippen LogP contribution < -0.4 is 11.1 Å². The maximum absolute atomic E-state index is 10.8. The number of nitrogens with two attached hydrogens (primary N) is 1. The van der Waals surface area contributed by atoms with Gasteiger partial charge in [0.2, 0.25) is 0 Å². The maximum atomic E-state index is 10.8. The van der Waals surface area contributed by atoms with Crippen LogP contribution in [0.25, 0.3) is 20.8 Å². The summed E-state index contributed by atoms with van der Waals surface area (Å²) in [5, 5.41) is 18.9. The van der Waals surface area contributed by atoms with Crippen LogP contribution in [0.15, 0.2) is 24.4 Å². The third-order valence-corrected chi connectivity index (χ3v) is 4.34. The number of aliphatic carboxylic acids is 1. The summed E-state index contributed by atoms with van der Waals surface area (Å²) in [7, 11) is 0. The van der Waals surface area contributed by atoms with Crippen molar-refractivity contribution in [3.8, 4) is 10.6 Å². The van der Waals surface area contributed by atoms with Gasteiger partial charge in [0.1, 0.15) is 5.82 Å². The van der Waals surface area contributed by atoms with Crippen molar-refractivity contribution in [3.63, 3.8) is 0 Å². The lowest BCUT2D eigenvalue weighted by Gasteiger charge is -2.14. The van der Waals surface area contributed by atoms with Gasteiger partial charge < -0.3 is 16.2 Å². The highest BCUT2D eigenvalue weighted by Gasteiger charge is 2.14. The number of aromatic amines is 1. The first-order valence-electron chi connectivity index (χ1n) is 6.71. The number of anilines is 2. The van der Waals surface area contributed by atoms with E-state index >= 15 is 0 Å². The Bertz CT molecular complexity index is 812. The standard InChI is InChI=1S/C14H15N5O2S/c1-7(4-13(20)21)17-10-6-12(15)18-9-5-11(22-14(9)10)8-2-3-16-19-8/h2-3,5-7H,4H2,1H3,(H,16,19)(H,20,21)(H3,15,17,18)/t7-/m0/s1. The molecule has 0 spiro atoms. The van der Waals surface area contributed by atoms with Gasteiger partial charge in [0.05, 0.1) is 32.9 Å². The van der Waals surface area contributed by atoms with Gasteiger partial charge in [-0.3, -0.25) is 9.89 Å². The van der Waals surface area contributed by atoms with Crippen LogP contribution in [0, 0.1) is 0 Å². The number of rotatable bonds is 5. The Hall–Kier alpha value is -2.61. The van der Waals surface area contributed by atoms with Crippen LogP contribution in [0.5, 0.6) is 0 Å². The van der Waals surface area contributed by atoms with Gasteiger partial charge in [0.15, 0.2) is 0 Å². The van der Waals surface area contributed by atoms with Gasteiger partial charge in [-0.2, -0.15) is 5.10 Å². The summed E-state index contributed by atoms with van der Waals surface area (Å²) in [6.07, 6.45) is 1.72. The van der Waals surface area contributed by atoms with Crippen LogP contribution in [-0.2, 0) is 4.79 Å². The average molecular weight is 317 g/mol. The number of nitrogens with zero attached hydrogens (tertiary/aromatic N) is 2. The lowest BCUT2D eigenvalue weighted by molar-refractivity contribution is -0.137. The molecule has 22 heavy (non-hydrogen) atoms. The lowest BCUT2D eigenvalue weighted by atomic mass is 10.2. The fourth-order valence-corrected chi connectivity index (χ4v) is 3.30. The van der Waals surface area contributed by atoms with Crippen molar-refractivity contribution in [2.24, 2.45) is 0 Å². The van der Waals surface area contributed by atoms with E-state index in [0.717, 1.165) is 26.5 Å². The summed E-state index contributed by atoms with van der Waals surface area (Å²) >= 11 is 1.55. The summed E-state index contributed by atoms with van der Waals surface area (Å²) in [6, 6.07) is 5.35. The highest BCUT2D eigenvalue weighted by atomic mass is 32.1. The molecule has 3 aromatic heterocycles. The summed E-state index contributed by atoms with van der Waals surface area (Å²) in [5.41, 5.74) is 8.33. The Kier molecular flexibility index (Phi) is 3.68. The number of nitrogen functional groups attached to an aromatic ring is 1. The predicted octanol–water partition coefficient (Wildman–Crippen LogP) is 2.54. The smallest absolute Gasteiger partial charge is 0.305 e. The first kappa shape index (κ1) is 14.3. The number of hydrogen-bond donors (Lipinski definition) is 4. The average Bonchev–Trinajstić information content (AvgIpc) is 3.04. The van der Waals surface area contributed by atoms with Crippen molar-refractivity contribution in [1.82, 2.24) is 15.2 Å². The number of aromatic nitrogens is 3. The van der Waals surface area contributed by atoms with Crippen molar-refractivity contribution in [2.75, 3.05) is 11.1 Å². The molecule has 0 saturated carbocycles. The molecule has 0 unspecified atom stereocenters. The summed E-state index contributed by atoms with van der Waals surface area (Å²) in [6.45, 7) is 1.82. The topological polar surface area (TPSA) is 117 Å². The molecule has 0 saturated heterocycles. The maximum Gasteiger partial charge on any atom is 0.305 e. The molecule has 0 fully saturated rings. The van der Waals surface area contributed by atoms with E-state index in [1.165, 1.54) is 0 Å². The Morgan fingerprint density at radius 2 is 2.36 bits per heavy atom. The molecule has 0 aromatic carbocycles. The molecule has 1 atom stereocenters. The van der Waals surface area contributed by atoms with Crippen LogP contribution in [0.1, 0.15) is 13.3 Å². The molecule has 114 valence electrons. The largest absolute Gasteiger partial charge is 0.481 e. The van der Waals surface area contributed by atoms with Crippen molar-refractivity contribution >= 4 is 39.0 Å². The van der Waals surface area contributed by atoms with Crippen molar-refractivity contribution in [3.05, 3.63) is 24.4 Å². The third kappa shape index (κ3) is 2.86. The molecular formula is C14H15N5O2S. The van der Waals surface area contributed by atoms with E-state index in [1.54, 1.807) is 23.6 Å². The summed E-state index contributed by atoms with van der Waals surface area (Å²) < 4.78 is 0.941. The zero-order chi connectivity index (χ0) is 15.7. The quantitative estimate of drug-likeness (QED) is 0.574. The molecule has 0 amide bonds. The van der Waals surface area contributed by atoms with Crippen LogP contribution >= 0.6 is 11.3 Å². The van der Waals surface area contributed by atoms with Gasteiger partial charge in [0.25, 0.3) is 0 Å².